The summed E-state index contributed by atoms with van der Waals surface area (Å²) in [7, 11) is 0. The molecule has 228 valence electrons. The average molecular weight is 641 g/mol. The lowest BCUT2D eigenvalue weighted by atomic mass is 10.2. The van der Waals surface area contributed by atoms with Crippen molar-refractivity contribution >= 4 is 75.1 Å². The third-order valence-corrected chi connectivity index (χ3v) is 5.78. The van der Waals surface area contributed by atoms with Gasteiger partial charge in [-0.25, -0.2) is 23.2 Å². The van der Waals surface area contributed by atoms with Crippen molar-refractivity contribution in [3.63, 3.8) is 0 Å². The van der Waals surface area contributed by atoms with Crippen LogP contribution in [0.5, 0.6) is 0 Å². The van der Waals surface area contributed by atoms with Gasteiger partial charge in [-0.15, -0.1) is 12.4 Å². The van der Waals surface area contributed by atoms with Gasteiger partial charge in [0, 0.05) is 10.8 Å². The van der Waals surface area contributed by atoms with Crippen LogP contribution in [0, 0.1) is 11.6 Å². The molecule has 5 aromatic rings. The van der Waals surface area contributed by atoms with Crippen molar-refractivity contribution < 1.29 is 41.5 Å². The largest absolute Gasteiger partial charge is 0.465 e. The Morgan fingerprint density at radius 3 is 2.00 bits per heavy atom. The Labute approximate surface area is 251 Å². The van der Waals surface area contributed by atoms with Crippen LogP contribution in [0.15, 0.2) is 60.9 Å². The number of rotatable bonds is 5. The smallest absolute Gasteiger partial charge is 0.354 e. The first-order chi connectivity index (χ1) is 20.0. The van der Waals surface area contributed by atoms with Crippen LogP contribution >= 0.6 is 24.0 Å². The van der Waals surface area contributed by atoms with Crippen LogP contribution in [0.1, 0.15) is 34.7 Å². The molecule has 0 spiro atoms. The molecule has 0 saturated heterocycles. The SMILES string of the molecule is CCOC(=O)CN.CCOC(=O)c1cc2c(=O)oc3ccc(F)cc3c2[nH]1.Cl.O=Cc1c(Cl)c2cc(F)ccc2oc1=O. The van der Waals surface area contributed by atoms with Crippen LogP contribution in [0.2, 0.25) is 5.02 Å². The fourth-order valence-electron chi connectivity index (χ4n) is 3.56. The van der Waals surface area contributed by atoms with E-state index in [0.29, 0.717) is 23.8 Å². The lowest BCUT2D eigenvalue weighted by molar-refractivity contribution is -0.141. The number of hydrogen-bond donors (Lipinski definition) is 2. The summed E-state index contributed by atoms with van der Waals surface area (Å²) in [5.74, 6) is -1.90. The molecule has 2 aromatic carbocycles. The lowest BCUT2D eigenvalue weighted by Crippen LogP contribution is -2.16. The van der Waals surface area contributed by atoms with Crippen molar-refractivity contribution in [2.45, 2.75) is 13.8 Å². The second kappa shape index (κ2) is 15.6. The van der Waals surface area contributed by atoms with E-state index in [2.05, 4.69) is 9.72 Å². The number of aldehydes is 1. The van der Waals surface area contributed by atoms with E-state index in [-0.39, 0.29) is 69.7 Å². The van der Waals surface area contributed by atoms with Gasteiger partial charge in [0.15, 0.2) is 6.29 Å². The summed E-state index contributed by atoms with van der Waals surface area (Å²) < 4.78 is 45.4. The zero-order valence-corrected chi connectivity index (χ0v) is 24.1. The van der Waals surface area contributed by atoms with Gasteiger partial charge in [0.1, 0.15) is 34.1 Å². The van der Waals surface area contributed by atoms with Gasteiger partial charge in [-0.2, -0.15) is 0 Å². The fraction of sp³-hybridized carbons (Fsp3) is 0.179. The molecule has 3 aromatic heterocycles. The number of carbonyl (C=O) groups is 3. The first-order valence-corrected chi connectivity index (χ1v) is 12.6. The summed E-state index contributed by atoms with van der Waals surface area (Å²) in [6.45, 7) is 4.04. The summed E-state index contributed by atoms with van der Waals surface area (Å²) in [5.41, 5.74) is 4.06. The Hall–Kier alpha value is -4.59. The third-order valence-electron chi connectivity index (χ3n) is 5.37. The summed E-state index contributed by atoms with van der Waals surface area (Å²) in [5, 5.41) is 0.704. The third kappa shape index (κ3) is 8.25. The van der Waals surface area contributed by atoms with Gasteiger partial charge in [-0.05, 0) is 56.3 Å². The van der Waals surface area contributed by atoms with Crippen LogP contribution in [-0.4, -0.2) is 43.0 Å². The molecule has 5 rings (SSSR count). The molecule has 0 radical (unpaired) electrons. The molecule has 0 aliphatic rings. The Bertz CT molecular complexity index is 1900. The van der Waals surface area contributed by atoms with E-state index < -0.39 is 28.9 Å². The highest BCUT2D eigenvalue weighted by Gasteiger charge is 2.16. The Morgan fingerprint density at radius 2 is 1.47 bits per heavy atom. The van der Waals surface area contributed by atoms with Crippen LogP contribution in [-0.2, 0) is 14.3 Å². The van der Waals surface area contributed by atoms with Crippen LogP contribution in [0.3, 0.4) is 0 Å². The van der Waals surface area contributed by atoms with Gasteiger partial charge in [0.25, 0.3) is 0 Å². The summed E-state index contributed by atoms with van der Waals surface area (Å²) in [6.07, 6.45) is 0.290. The normalized spacial score (nSPS) is 10.2. The molecule has 0 bridgehead atoms. The summed E-state index contributed by atoms with van der Waals surface area (Å²) in [4.78, 5) is 58.1. The molecule has 0 unspecified atom stereocenters. The number of hydrogen-bond acceptors (Lipinski definition) is 10. The van der Waals surface area contributed by atoms with E-state index in [1.807, 2.05) is 0 Å². The van der Waals surface area contributed by atoms with Crippen molar-refractivity contribution in [3.8, 4) is 0 Å². The number of esters is 2. The molecule has 0 aliphatic heterocycles. The van der Waals surface area contributed by atoms with Gasteiger partial charge in [0.05, 0.1) is 35.7 Å². The summed E-state index contributed by atoms with van der Waals surface area (Å²) in [6, 6.07) is 8.69. The number of fused-ring (bicyclic) bond motifs is 4. The minimum atomic E-state index is -0.825. The molecular formula is C28H24Cl2F2N2O9. The van der Waals surface area contributed by atoms with Crippen molar-refractivity contribution in [2.24, 2.45) is 5.73 Å². The Morgan fingerprint density at radius 1 is 0.907 bits per heavy atom. The molecular weight excluding hydrogens is 617 g/mol. The first kappa shape index (κ1) is 34.6. The Kier molecular flexibility index (Phi) is 12.5. The number of H-pyrrole nitrogens is 1. The number of nitrogens with one attached hydrogen (secondary N) is 1. The molecule has 3 heterocycles. The molecule has 0 atom stereocenters. The van der Waals surface area contributed by atoms with Crippen LogP contribution < -0.4 is 17.0 Å². The number of halogens is 4. The van der Waals surface area contributed by atoms with Gasteiger partial charge >= 0.3 is 23.2 Å². The average Bonchev–Trinajstić information content (AvgIpc) is 3.42. The summed E-state index contributed by atoms with van der Waals surface area (Å²) >= 11 is 5.76. The van der Waals surface area contributed by atoms with Crippen molar-refractivity contribution in [2.75, 3.05) is 19.8 Å². The zero-order valence-electron chi connectivity index (χ0n) is 22.5. The van der Waals surface area contributed by atoms with Gasteiger partial charge in [-0.3, -0.25) is 9.59 Å². The molecule has 0 aliphatic carbocycles. The van der Waals surface area contributed by atoms with Crippen LogP contribution in [0.25, 0.3) is 32.8 Å². The maximum Gasteiger partial charge on any atom is 0.354 e. The number of aromatic amines is 1. The number of carbonyl (C=O) groups excluding carboxylic acids is 3. The molecule has 0 amide bonds. The molecule has 15 heteroatoms. The Balaban J connectivity index is 0.000000249. The van der Waals surface area contributed by atoms with Gasteiger partial charge in [-0.1, -0.05) is 11.6 Å². The quantitative estimate of drug-likeness (QED) is 0.152. The predicted octanol–water partition coefficient (Wildman–Crippen LogP) is 4.92. The van der Waals surface area contributed by atoms with Crippen LogP contribution in [0.4, 0.5) is 8.78 Å². The van der Waals surface area contributed by atoms with Crippen molar-refractivity contribution in [1.29, 1.82) is 0 Å². The van der Waals surface area contributed by atoms with E-state index in [1.165, 1.54) is 30.3 Å². The van der Waals surface area contributed by atoms with Gasteiger partial charge in [0.2, 0.25) is 0 Å². The highest BCUT2D eigenvalue weighted by molar-refractivity contribution is 6.37. The molecule has 0 fully saturated rings. The standard InChI is InChI=1S/C14H10FNO4.C10H4ClFO3.C4H9NO2.ClH/c1-2-19-14(18)10-6-9-12(16-10)8-5-7(15)3-4-11(8)20-13(9)17;11-9-6-3-5(12)1-2-8(6)15-10(14)7(9)4-13;1-2-7-4(6)3-5;/h3-6,16H,2H2,1H3;1-4H;2-3,5H2,1H3;1H. The molecule has 0 saturated carbocycles. The molecule has 43 heavy (non-hydrogen) atoms. The van der Waals surface area contributed by atoms with E-state index in [0.717, 1.165) is 12.1 Å². The first-order valence-electron chi connectivity index (χ1n) is 12.2. The number of ether oxygens (including phenoxy) is 2. The minimum Gasteiger partial charge on any atom is -0.465 e. The monoisotopic (exact) mass is 640 g/mol. The topological polar surface area (TPSA) is 172 Å². The fourth-order valence-corrected chi connectivity index (χ4v) is 3.83. The number of nitrogens with two attached hydrogens (primary N) is 1. The lowest BCUT2D eigenvalue weighted by Gasteiger charge is -2.00. The maximum atomic E-state index is 13.3. The molecule has 3 N–H and O–H groups in total. The van der Waals surface area contributed by atoms with E-state index in [4.69, 9.17) is 30.9 Å². The molecule has 11 nitrogen and oxygen atoms in total. The number of aromatic nitrogens is 1. The highest BCUT2D eigenvalue weighted by atomic mass is 35.5. The van der Waals surface area contributed by atoms with Crippen molar-refractivity contribution in [3.05, 3.63) is 91.2 Å². The van der Waals surface area contributed by atoms with Crippen molar-refractivity contribution in [1.82, 2.24) is 4.98 Å². The second-order valence-corrected chi connectivity index (χ2v) is 8.48. The maximum absolute atomic E-state index is 13.3. The van der Waals surface area contributed by atoms with E-state index in [1.54, 1.807) is 13.8 Å². The highest BCUT2D eigenvalue weighted by Crippen LogP contribution is 2.25. The zero-order chi connectivity index (χ0) is 31.0. The van der Waals surface area contributed by atoms with E-state index >= 15 is 0 Å². The van der Waals surface area contributed by atoms with Gasteiger partial charge < -0.3 is 29.0 Å². The van der Waals surface area contributed by atoms with E-state index in [9.17, 15) is 32.8 Å². The predicted molar refractivity (Wildman–Crippen MR) is 156 cm³/mol. The number of benzene rings is 2. The second-order valence-electron chi connectivity index (χ2n) is 8.11. The minimum absolute atomic E-state index is 0.